The number of carbonyl (C=O) groups is 1. The number of amides is 1. The maximum absolute atomic E-state index is 12.9. The van der Waals surface area contributed by atoms with E-state index in [1.165, 1.54) is 11.1 Å². The minimum atomic E-state index is -0.358. The number of hydrogen-bond donors (Lipinski definition) is 0. The van der Waals surface area contributed by atoms with Gasteiger partial charge in [0.2, 0.25) is 5.91 Å². The van der Waals surface area contributed by atoms with Gasteiger partial charge in [0.1, 0.15) is 0 Å². The summed E-state index contributed by atoms with van der Waals surface area (Å²) in [5.74, 6) is 0.317. The van der Waals surface area contributed by atoms with Gasteiger partial charge in [0.05, 0.1) is 5.52 Å². The highest BCUT2D eigenvalue weighted by Gasteiger charge is 2.32. The van der Waals surface area contributed by atoms with Crippen molar-refractivity contribution in [1.82, 2.24) is 9.47 Å². The van der Waals surface area contributed by atoms with E-state index in [0.717, 1.165) is 18.4 Å². The van der Waals surface area contributed by atoms with Gasteiger partial charge in [-0.25, -0.2) is 4.79 Å². The maximum atomic E-state index is 12.9. The van der Waals surface area contributed by atoms with E-state index in [-0.39, 0.29) is 11.7 Å². The first-order valence-corrected chi connectivity index (χ1v) is 10.5. The van der Waals surface area contributed by atoms with E-state index < -0.39 is 0 Å². The highest BCUT2D eigenvalue weighted by atomic mass is 16.4. The van der Waals surface area contributed by atoms with Gasteiger partial charge in [0.25, 0.3) is 0 Å². The Balaban J connectivity index is 1.38. The van der Waals surface area contributed by atoms with Gasteiger partial charge in [-0.1, -0.05) is 50.2 Å². The number of carbonyl (C=O) groups excluding carboxylic acids is 1. The molecule has 0 N–H and O–H groups in total. The van der Waals surface area contributed by atoms with Crippen LogP contribution in [-0.4, -0.2) is 21.4 Å². The summed E-state index contributed by atoms with van der Waals surface area (Å²) in [4.78, 5) is 27.0. The Morgan fingerprint density at radius 2 is 1.86 bits per heavy atom. The summed E-state index contributed by atoms with van der Waals surface area (Å²) in [5.41, 5.74) is 3.87. The van der Waals surface area contributed by atoms with E-state index in [4.69, 9.17) is 4.42 Å². The summed E-state index contributed by atoms with van der Waals surface area (Å²) in [6.45, 7) is 5.52. The van der Waals surface area contributed by atoms with E-state index in [1.54, 1.807) is 10.6 Å². The predicted molar refractivity (Wildman–Crippen MR) is 114 cm³/mol. The van der Waals surface area contributed by atoms with Crippen molar-refractivity contribution in [3.05, 3.63) is 70.2 Å². The first-order chi connectivity index (χ1) is 14.0. The van der Waals surface area contributed by atoms with Crippen LogP contribution in [0.2, 0.25) is 0 Å². The Bertz CT molecular complexity index is 1040. The molecule has 4 rings (SSSR count). The fourth-order valence-corrected chi connectivity index (χ4v) is 3.77. The zero-order chi connectivity index (χ0) is 20.4. The Labute approximate surface area is 170 Å². The van der Waals surface area contributed by atoms with Crippen molar-refractivity contribution < 1.29 is 9.21 Å². The van der Waals surface area contributed by atoms with Crippen LogP contribution in [0.5, 0.6) is 0 Å². The van der Waals surface area contributed by atoms with Crippen molar-refractivity contribution in [3.63, 3.8) is 0 Å². The van der Waals surface area contributed by atoms with Crippen LogP contribution < -0.4 is 5.76 Å². The summed E-state index contributed by atoms with van der Waals surface area (Å²) in [5, 5.41) is 0. The fourth-order valence-electron chi connectivity index (χ4n) is 3.77. The lowest BCUT2D eigenvalue weighted by Crippen LogP contribution is -2.32. The molecule has 1 fully saturated rings. The standard InChI is InChI=1S/C24H28N2O3/c1-17(2)19-11-9-18(10-12-19)16-26(20-13-14-20)23(27)8-5-15-25-21-6-3-4-7-22(21)29-24(25)28/h3-4,6-7,9-12,17,20H,5,8,13-16H2,1-2H3. The van der Waals surface area contributed by atoms with Gasteiger partial charge < -0.3 is 9.32 Å². The number of fused-ring (bicyclic) bond motifs is 1. The summed E-state index contributed by atoms with van der Waals surface area (Å²) >= 11 is 0. The molecule has 29 heavy (non-hydrogen) atoms. The predicted octanol–water partition coefficient (Wildman–Crippen LogP) is 4.69. The summed E-state index contributed by atoms with van der Waals surface area (Å²) in [6.07, 6.45) is 3.23. The molecule has 1 aromatic heterocycles. The number of hydrogen-bond acceptors (Lipinski definition) is 3. The molecule has 0 saturated heterocycles. The van der Waals surface area contributed by atoms with Crippen LogP contribution in [0.15, 0.2) is 57.7 Å². The Morgan fingerprint density at radius 1 is 1.14 bits per heavy atom. The summed E-state index contributed by atoms with van der Waals surface area (Å²) in [6, 6.07) is 16.3. The fraction of sp³-hybridized carbons (Fsp3) is 0.417. The molecule has 0 bridgehead atoms. The smallest absolute Gasteiger partial charge is 0.408 e. The quantitative estimate of drug-likeness (QED) is 0.559. The Kier molecular flexibility index (Phi) is 5.56. The van der Waals surface area contributed by atoms with Crippen molar-refractivity contribution in [2.24, 2.45) is 0 Å². The van der Waals surface area contributed by atoms with E-state index in [9.17, 15) is 9.59 Å². The third kappa shape index (κ3) is 4.44. The van der Waals surface area contributed by atoms with Crippen LogP contribution in [0.25, 0.3) is 11.1 Å². The molecule has 152 valence electrons. The summed E-state index contributed by atoms with van der Waals surface area (Å²) in [7, 11) is 0. The molecule has 0 unspecified atom stereocenters. The van der Waals surface area contributed by atoms with Gasteiger partial charge in [-0.3, -0.25) is 9.36 Å². The molecule has 1 aliphatic rings. The second-order valence-electron chi connectivity index (χ2n) is 8.24. The topological polar surface area (TPSA) is 55.5 Å². The van der Waals surface area contributed by atoms with Crippen LogP contribution in [0.1, 0.15) is 56.6 Å². The Morgan fingerprint density at radius 3 is 2.55 bits per heavy atom. The lowest BCUT2D eigenvalue weighted by atomic mass is 10.0. The van der Waals surface area contributed by atoms with E-state index in [1.807, 2.05) is 23.1 Å². The second kappa shape index (κ2) is 8.27. The zero-order valence-electron chi connectivity index (χ0n) is 17.1. The zero-order valence-corrected chi connectivity index (χ0v) is 17.1. The molecule has 1 heterocycles. The van der Waals surface area contributed by atoms with Crippen LogP contribution in [0.4, 0.5) is 0 Å². The molecular weight excluding hydrogens is 364 g/mol. The average molecular weight is 392 g/mol. The number of nitrogens with zero attached hydrogens (tertiary/aromatic N) is 2. The molecule has 2 aromatic carbocycles. The number of aryl methyl sites for hydroxylation is 1. The molecule has 5 heteroatoms. The lowest BCUT2D eigenvalue weighted by molar-refractivity contribution is -0.132. The van der Waals surface area contributed by atoms with Gasteiger partial charge >= 0.3 is 5.76 Å². The molecular formula is C24H28N2O3. The van der Waals surface area contributed by atoms with Crippen LogP contribution in [0.3, 0.4) is 0 Å². The van der Waals surface area contributed by atoms with Gasteiger partial charge in [-0.05, 0) is 48.4 Å². The second-order valence-corrected chi connectivity index (χ2v) is 8.24. The molecule has 0 spiro atoms. The monoisotopic (exact) mass is 392 g/mol. The van der Waals surface area contributed by atoms with E-state index >= 15 is 0 Å². The normalized spacial score (nSPS) is 13.9. The highest BCUT2D eigenvalue weighted by Crippen LogP contribution is 2.29. The highest BCUT2D eigenvalue weighted by molar-refractivity contribution is 5.77. The third-order valence-corrected chi connectivity index (χ3v) is 5.65. The molecule has 1 amide bonds. The number of oxazole rings is 1. The van der Waals surface area contributed by atoms with Crippen molar-refractivity contribution in [2.45, 2.75) is 64.6 Å². The summed E-state index contributed by atoms with van der Waals surface area (Å²) < 4.78 is 6.89. The molecule has 5 nitrogen and oxygen atoms in total. The van der Waals surface area contributed by atoms with Crippen molar-refractivity contribution in [3.8, 4) is 0 Å². The maximum Gasteiger partial charge on any atom is 0.419 e. The minimum Gasteiger partial charge on any atom is -0.408 e. The van der Waals surface area contributed by atoms with Crippen molar-refractivity contribution in [1.29, 1.82) is 0 Å². The first kappa shape index (κ1) is 19.5. The van der Waals surface area contributed by atoms with E-state index in [2.05, 4.69) is 38.1 Å². The number of benzene rings is 2. The van der Waals surface area contributed by atoms with Gasteiger partial charge in [-0.15, -0.1) is 0 Å². The van der Waals surface area contributed by atoms with Gasteiger partial charge in [0, 0.05) is 25.6 Å². The third-order valence-electron chi connectivity index (χ3n) is 5.65. The largest absolute Gasteiger partial charge is 0.419 e. The molecule has 1 aliphatic carbocycles. The van der Waals surface area contributed by atoms with Gasteiger partial charge in [0.15, 0.2) is 5.58 Å². The molecule has 0 radical (unpaired) electrons. The van der Waals surface area contributed by atoms with Crippen molar-refractivity contribution >= 4 is 17.0 Å². The van der Waals surface area contributed by atoms with Gasteiger partial charge in [-0.2, -0.15) is 0 Å². The molecule has 0 aliphatic heterocycles. The number of para-hydroxylation sites is 2. The number of aromatic nitrogens is 1. The molecule has 0 atom stereocenters. The molecule has 3 aromatic rings. The molecule has 1 saturated carbocycles. The van der Waals surface area contributed by atoms with Crippen LogP contribution >= 0.6 is 0 Å². The van der Waals surface area contributed by atoms with Crippen molar-refractivity contribution in [2.75, 3.05) is 0 Å². The minimum absolute atomic E-state index is 0.168. The SMILES string of the molecule is CC(C)c1ccc(CN(C(=O)CCCn2c(=O)oc3ccccc32)C2CC2)cc1. The van der Waals surface area contributed by atoms with Crippen LogP contribution in [-0.2, 0) is 17.9 Å². The lowest BCUT2D eigenvalue weighted by Gasteiger charge is -2.23. The first-order valence-electron chi connectivity index (χ1n) is 10.5. The van der Waals surface area contributed by atoms with Crippen LogP contribution in [0, 0.1) is 0 Å². The number of rotatable bonds is 8. The Hall–Kier alpha value is -2.82. The van der Waals surface area contributed by atoms with E-state index in [0.29, 0.717) is 43.5 Å². The average Bonchev–Trinajstić information content (AvgIpc) is 3.50.